The number of rotatable bonds is 3. The van der Waals surface area contributed by atoms with Gasteiger partial charge in [0, 0.05) is 5.39 Å². The first-order valence-corrected chi connectivity index (χ1v) is 24.4. The van der Waals surface area contributed by atoms with Crippen LogP contribution in [0, 0.1) is 0 Å². The van der Waals surface area contributed by atoms with Crippen LogP contribution in [-0.4, -0.2) is 39.5 Å². The van der Waals surface area contributed by atoms with E-state index in [1.807, 2.05) is 6.07 Å². The summed E-state index contributed by atoms with van der Waals surface area (Å²) in [4.78, 5) is 0. The average Bonchev–Trinajstić information content (AvgIpc) is 2.84. The molecule has 3 N–H and O–H groups in total. The maximum absolute atomic E-state index is 11.9. The molecule has 4 aromatic rings. The van der Waals surface area contributed by atoms with Crippen molar-refractivity contribution in [3.8, 4) is 17.2 Å². The zero-order valence-electron chi connectivity index (χ0n) is 28.8. The molecule has 0 spiro atoms. The lowest BCUT2D eigenvalue weighted by Crippen LogP contribution is -2.64. The van der Waals surface area contributed by atoms with Crippen molar-refractivity contribution in [1.29, 1.82) is 0 Å². The summed E-state index contributed by atoms with van der Waals surface area (Å²) < 4.78 is 0. The van der Waals surface area contributed by atoms with E-state index in [4.69, 9.17) is 0 Å². The molecule has 0 fully saturated rings. The van der Waals surface area contributed by atoms with Gasteiger partial charge in [-0.05, 0) is 47.2 Å². The summed E-state index contributed by atoms with van der Waals surface area (Å²) in [7, 11) is -6.76. The van der Waals surface area contributed by atoms with Crippen molar-refractivity contribution in [3.05, 3.63) is 36.4 Å². The lowest BCUT2D eigenvalue weighted by atomic mass is 9.93. The molecule has 0 heterocycles. The summed E-state index contributed by atoms with van der Waals surface area (Å²) >= 11 is 0. The van der Waals surface area contributed by atoms with Crippen molar-refractivity contribution >= 4 is 72.1 Å². The third-order valence-electron chi connectivity index (χ3n) is 11.9. The maximum atomic E-state index is 11.9. The van der Waals surface area contributed by atoms with Gasteiger partial charge in [0.05, 0.1) is 24.2 Å². The molecule has 42 heavy (non-hydrogen) atoms. The number of hydrogen-bond donors (Lipinski definition) is 3. The number of phenolic OH excluding ortho intramolecular Hbond substituents is 3. The van der Waals surface area contributed by atoms with Gasteiger partial charge in [-0.2, -0.15) is 0 Å². The summed E-state index contributed by atoms with van der Waals surface area (Å²) in [5.74, 6) is -0.773. The Labute approximate surface area is 257 Å². The molecule has 0 aliphatic rings. The molecule has 0 saturated heterocycles. The number of benzene rings is 4. The molecule has 0 aromatic heterocycles. The highest BCUT2D eigenvalue weighted by Crippen LogP contribution is 2.51. The second-order valence-electron chi connectivity index (χ2n) is 17.3. The van der Waals surface area contributed by atoms with Crippen LogP contribution >= 0.6 is 0 Å². The van der Waals surface area contributed by atoms with Gasteiger partial charge in [0.25, 0.3) is 0 Å². The molecule has 0 radical (unpaired) electrons. The molecule has 4 aromatic carbocycles. The first-order valence-electron chi connectivity index (χ1n) is 15.4. The second kappa shape index (κ2) is 9.60. The van der Waals surface area contributed by atoms with Crippen LogP contribution in [-0.2, 0) is 0 Å². The quantitative estimate of drug-likeness (QED) is 0.122. The minimum atomic E-state index is -2.47. The molecule has 228 valence electrons. The number of phenols is 3. The molecule has 0 bridgehead atoms. The van der Waals surface area contributed by atoms with Gasteiger partial charge in [-0.15, -0.1) is 0 Å². The average molecular weight is 619 g/mol. The van der Waals surface area contributed by atoms with Crippen molar-refractivity contribution in [1.82, 2.24) is 0 Å². The summed E-state index contributed by atoms with van der Waals surface area (Å²) in [6, 6.07) is 13.0. The van der Waals surface area contributed by atoms with E-state index >= 15 is 0 Å². The Morgan fingerprint density at radius 2 is 0.857 bits per heavy atom. The topological polar surface area (TPSA) is 60.7 Å². The van der Waals surface area contributed by atoms with E-state index in [0.29, 0.717) is 5.39 Å². The van der Waals surface area contributed by atoms with E-state index in [-0.39, 0.29) is 26.6 Å². The van der Waals surface area contributed by atoms with Crippen LogP contribution in [0.4, 0.5) is 0 Å². The van der Waals surface area contributed by atoms with Gasteiger partial charge < -0.3 is 15.3 Å². The van der Waals surface area contributed by atoms with Crippen molar-refractivity contribution in [2.24, 2.45) is 0 Å². The largest absolute Gasteiger partial charge is 0.504 e. The van der Waals surface area contributed by atoms with Gasteiger partial charge in [-0.1, -0.05) is 148 Å². The van der Waals surface area contributed by atoms with Crippen molar-refractivity contribution in [3.63, 3.8) is 0 Å². The van der Waals surface area contributed by atoms with Crippen LogP contribution < -0.4 is 15.6 Å². The fourth-order valence-electron chi connectivity index (χ4n) is 6.18. The van der Waals surface area contributed by atoms with Crippen molar-refractivity contribution in [2.75, 3.05) is 0 Å². The smallest absolute Gasteiger partial charge is 0.200 e. The zero-order chi connectivity index (χ0) is 32.2. The lowest BCUT2D eigenvalue weighted by Gasteiger charge is -2.46. The molecule has 0 unspecified atom stereocenters. The summed E-state index contributed by atoms with van der Waals surface area (Å²) in [6.45, 7) is 35.6. The standard InChI is InChI=1S/C36H54O3Si3/c1-34(2,3)40(10,11)25-21-20-24-22-18-16-17-19-23(22)26-28(27(24)32(25)41(12,13)35(4,5)6)33(31(39)30(38)29(26)37)42(14,15)36(7,8)9/h16-21,37-39H,1-15H3. The maximum Gasteiger partial charge on any atom is 0.200 e. The fraction of sp³-hybridized carbons (Fsp3) is 0.500. The molecule has 4 rings (SSSR count). The van der Waals surface area contributed by atoms with E-state index in [2.05, 4.69) is 132 Å². The Balaban J connectivity index is 2.59. The van der Waals surface area contributed by atoms with E-state index in [1.165, 1.54) is 21.1 Å². The molecule has 0 amide bonds. The van der Waals surface area contributed by atoms with Crippen molar-refractivity contribution < 1.29 is 15.3 Å². The normalized spacial score (nSPS) is 14.4. The Bertz CT molecular complexity index is 1730. The van der Waals surface area contributed by atoms with Gasteiger partial charge in [-0.3, -0.25) is 0 Å². The molecular formula is C36H54O3Si3. The Morgan fingerprint density at radius 3 is 1.33 bits per heavy atom. The molecule has 0 aliphatic heterocycles. The van der Waals surface area contributed by atoms with Gasteiger partial charge in [0.15, 0.2) is 11.5 Å². The van der Waals surface area contributed by atoms with Crippen LogP contribution in [0.2, 0.25) is 54.4 Å². The monoisotopic (exact) mass is 618 g/mol. The minimum absolute atomic E-state index is 0.0501. The summed E-state index contributed by atoms with van der Waals surface area (Å²) in [5.41, 5.74) is 0. The van der Waals surface area contributed by atoms with Gasteiger partial charge >= 0.3 is 0 Å². The fourth-order valence-corrected chi connectivity index (χ4v) is 14.8. The van der Waals surface area contributed by atoms with Crippen LogP contribution in [0.3, 0.4) is 0 Å². The Morgan fingerprint density at radius 1 is 0.429 bits per heavy atom. The number of hydrogen-bond acceptors (Lipinski definition) is 3. The van der Waals surface area contributed by atoms with Gasteiger partial charge in [-0.25, -0.2) is 0 Å². The minimum Gasteiger partial charge on any atom is -0.504 e. The number of fused-ring (bicyclic) bond motifs is 6. The first-order chi connectivity index (χ1) is 18.8. The highest BCUT2D eigenvalue weighted by molar-refractivity contribution is 7.03. The molecule has 6 heteroatoms. The predicted molar refractivity (Wildman–Crippen MR) is 194 cm³/mol. The van der Waals surface area contributed by atoms with Crippen LogP contribution in [0.25, 0.3) is 32.3 Å². The van der Waals surface area contributed by atoms with Crippen molar-refractivity contribution in [2.45, 2.75) is 117 Å². The molecular weight excluding hydrogens is 565 g/mol. The molecule has 0 atom stereocenters. The third-order valence-corrected chi connectivity index (χ3v) is 28.7. The van der Waals surface area contributed by atoms with Crippen LogP contribution in [0.15, 0.2) is 36.4 Å². The van der Waals surface area contributed by atoms with Crippen LogP contribution in [0.1, 0.15) is 62.3 Å². The predicted octanol–water partition coefficient (Wildman–Crippen LogP) is 9.41. The highest BCUT2D eigenvalue weighted by atomic mass is 28.3. The summed E-state index contributed by atoms with van der Waals surface area (Å²) in [6.07, 6.45) is 0. The van der Waals surface area contributed by atoms with Gasteiger partial charge in [0.2, 0.25) is 5.75 Å². The Kier molecular flexibility index (Phi) is 7.46. The zero-order valence-corrected chi connectivity index (χ0v) is 31.8. The molecule has 0 saturated carbocycles. The van der Waals surface area contributed by atoms with E-state index < -0.39 is 30.0 Å². The highest BCUT2D eigenvalue weighted by Gasteiger charge is 2.47. The third kappa shape index (κ3) is 4.46. The van der Waals surface area contributed by atoms with Crippen LogP contribution in [0.5, 0.6) is 17.2 Å². The lowest BCUT2D eigenvalue weighted by molar-refractivity contribution is 0.373. The number of aromatic hydroxyl groups is 3. The SMILES string of the molecule is CC(C)(C)[Si](C)(C)c1ccc2c3ccccc3c3c(O)c(O)c(O)c([Si](C)(C)C(C)(C)C)c3c2c1[Si](C)(C)C(C)(C)C. The molecule has 3 nitrogen and oxygen atoms in total. The Hall–Kier alpha value is -2.29. The van der Waals surface area contributed by atoms with E-state index in [9.17, 15) is 15.3 Å². The second-order valence-corrected chi connectivity index (χ2v) is 33.0. The first kappa shape index (κ1) is 32.6. The van der Waals surface area contributed by atoms with Gasteiger partial charge in [0.1, 0.15) is 0 Å². The van der Waals surface area contributed by atoms with E-state index in [0.717, 1.165) is 21.3 Å². The van der Waals surface area contributed by atoms with E-state index in [1.54, 1.807) is 0 Å². The summed E-state index contributed by atoms with van der Waals surface area (Å²) in [5, 5.41) is 44.7. The molecule has 0 aliphatic carbocycles.